The number of rotatable bonds is 2. The van der Waals surface area contributed by atoms with Gasteiger partial charge in [-0.25, -0.2) is 0 Å². The van der Waals surface area contributed by atoms with Crippen LogP contribution >= 0.6 is 0 Å². The van der Waals surface area contributed by atoms with Crippen LogP contribution in [0.15, 0.2) is 24.3 Å². The predicted octanol–water partition coefficient (Wildman–Crippen LogP) is 2.27. The van der Waals surface area contributed by atoms with Crippen LogP contribution in [0.5, 0.6) is 0 Å². The number of nitrogens with one attached hydrogen (secondary N) is 1. The molecule has 0 saturated carbocycles. The van der Waals surface area contributed by atoms with Crippen molar-refractivity contribution in [1.82, 2.24) is 4.90 Å². The Morgan fingerprint density at radius 2 is 2.00 bits per heavy atom. The van der Waals surface area contributed by atoms with Crippen LogP contribution in [0.2, 0.25) is 0 Å². The molecule has 1 N–H and O–H groups in total. The maximum Gasteiger partial charge on any atom is 0.325 e. The topological polar surface area (TPSA) is 75.7 Å². The highest BCUT2D eigenvalue weighted by Gasteiger charge is 2.47. The van der Waals surface area contributed by atoms with E-state index in [2.05, 4.69) is 5.32 Å². The number of nitrogens with zero attached hydrogens (tertiary/aromatic N) is 1. The zero-order valence-corrected chi connectivity index (χ0v) is 13.6. The lowest BCUT2D eigenvalue weighted by atomic mass is 9.88. The molecule has 24 heavy (non-hydrogen) atoms. The molecule has 2 aromatic rings. The summed E-state index contributed by atoms with van der Waals surface area (Å²) < 4.78 is 4.71. The van der Waals surface area contributed by atoms with Gasteiger partial charge in [0.25, 0.3) is 11.8 Å². The molecule has 6 heteroatoms. The number of methoxy groups -OCH3 is 1. The Bertz CT molecular complexity index is 946. The van der Waals surface area contributed by atoms with Crippen molar-refractivity contribution in [1.29, 1.82) is 0 Å². The van der Waals surface area contributed by atoms with Gasteiger partial charge in [-0.3, -0.25) is 14.4 Å². The molecule has 0 aromatic heterocycles. The first-order valence-electron chi connectivity index (χ1n) is 7.66. The summed E-state index contributed by atoms with van der Waals surface area (Å²) in [6.45, 7) is 3.59. The molecule has 0 unspecified atom stereocenters. The molecule has 2 heterocycles. The van der Waals surface area contributed by atoms with Gasteiger partial charge in [-0.2, -0.15) is 0 Å². The summed E-state index contributed by atoms with van der Waals surface area (Å²) in [6.07, 6.45) is 0. The summed E-state index contributed by atoms with van der Waals surface area (Å²) in [5.74, 6) is -1.08. The maximum atomic E-state index is 13.0. The number of carbonyl (C=O) groups excluding carboxylic acids is 3. The lowest BCUT2D eigenvalue weighted by molar-refractivity contribution is -0.142. The molecular weight excluding hydrogens is 308 g/mol. The number of amides is 2. The monoisotopic (exact) mass is 324 g/mol. The van der Waals surface area contributed by atoms with Gasteiger partial charge in [0, 0.05) is 11.1 Å². The van der Waals surface area contributed by atoms with E-state index in [0.29, 0.717) is 16.8 Å². The first-order valence-corrected chi connectivity index (χ1v) is 7.66. The summed E-state index contributed by atoms with van der Waals surface area (Å²) in [6, 6.07) is 7.55. The Morgan fingerprint density at radius 3 is 2.71 bits per heavy atom. The fraction of sp³-hybridized carbons (Fsp3) is 0.278. The van der Waals surface area contributed by atoms with Crippen molar-refractivity contribution >= 4 is 34.2 Å². The van der Waals surface area contributed by atoms with Crippen LogP contribution in [-0.4, -0.2) is 36.3 Å². The van der Waals surface area contributed by atoms with Gasteiger partial charge in [-0.15, -0.1) is 0 Å². The third-order valence-corrected chi connectivity index (χ3v) is 4.95. The third-order valence-electron chi connectivity index (χ3n) is 4.95. The van der Waals surface area contributed by atoms with E-state index in [9.17, 15) is 14.4 Å². The first-order chi connectivity index (χ1) is 11.4. The molecule has 2 aromatic carbocycles. The first kappa shape index (κ1) is 14.7. The highest BCUT2D eigenvalue weighted by molar-refractivity contribution is 6.29. The minimum atomic E-state index is -0.704. The van der Waals surface area contributed by atoms with Crippen molar-refractivity contribution in [3.8, 4) is 0 Å². The van der Waals surface area contributed by atoms with Crippen LogP contribution in [0.25, 0.3) is 10.8 Å². The lowest BCUT2D eigenvalue weighted by Gasteiger charge is -2.31. The van der Waals surface area contributed by atoms with E-state index in [4.69, 9.17) is 4.74 Å². The number of anilines is 1. The van der Waals surface area contributed by atoms with E-state index in [1.54, 1.807) is 0 Å². The molecule has 0 atom stereocenters. The van der Waals surface area contributed by atoms with E-state index in [-0.39, 0.29) is 18.4 Å². The van der Waals surface area contributed by atoms with Gasteiger partial charge >= 0.3 is 5.97 Å². The highest BCUT2D eigenvalue weighted by Crippen LogP contribution is 2.46. The van der Waals surface area contributed by atoms with Gasteiger partial charge < -0.3 is 15.0 Å². The van der Waals surface area contributed by atoms with Crippen LogP contribution in [0.1, 0.15) is 40.1 Å². The summed E-state index contributed by atoms with van der Waals surface area (Å²) in [5.41, 5.74) is 1.56. The molecule has 0 aliphatic carbocycles. The summed E-state index contributed by atoms with van der Waals surface area (Å²) in [5, 5.41) is 4.49. The van der Waals surface area contributed by atoms with E-state index in [1.165, 1.54) is 12.0 Å². The van der Waals surface area contributed by atoms with Gasteiger partial charge in [0.05, 0.1) is 23.8 Å². The predicted molar refractivity (Wildman–Crippen MR) is 88.0 cm³/mol. The molecule has 6 nitrogen and oxygen atoms in total. The van der Waals surface area contributed by atoms with Gasteiger partial charge in [0.2, 0.25) is 0 Å². The van der Waals surface area contributed by atoms with Crippen LogP contribution < -0.4 is 5.32 Å². The van der Waals surface area contributed by atoms with Crippen molar-refractivity contribution in [2.75, 3.05) is 19.0 Å². The molecule has 0 bridgehead atoms. The van der Waals surface area contributed by atoms with Gasteiger partial charge in [-0.05, 0) is 36.9 Å². The molecule has 0 saturated heterocycles. The average Bonchev–Trinajstić information content (AvgIpc) is 2.97. The Labute approximate surface area is 138 Å². The molecule has 0 spiro atoms. The SMILES string of the molecule is COC(=O)CN1C(=O)c2c(cc3cccc4c3c2C(=O)N4)C1(C)C. The highest BCUT2D eigenvalue weighted by atomic mass is 16.5. The largest absolute Gasteiger partial charge is 0.468 e. The Balaban J connectivity index is 2.00. The maximum absolute atomic E-state index is 13.0. The van der Waals surface area contributed by atoms with Crippen LogP contribution in [0.4, 0.5) is 5.69 Å². The van der Waals surface area contributed by atoms with Gasteiger partial charge in [0.1, 0.15) is 6.54 Å². The van der Waals surface area contributed by atoms with Crippen molar-refractivity contribution in [3.05, 3.63) is 41.0 Å². The van der Waals surface area contributed by atoms with Crippen LogP contribution in [0, 0.1) is 0 Å². The van der Waals surface area contributed by atoms with Crippen LogP contribution in [-0.2, 0) is 15.1 Å². The van der Waals surface area contributed by atoms with E-state index < -0.39 is 11.5 Å². The van der Waals surface area contributed by atoms with Gasteiger partial charge in [0.15, 0.2) is 0 Å². The molecule has 2 aliphatic heterocycles. The minimum Gasteiger partial charge on any atom is -0.468 e. The number of hydrogen-bond donors (Lipinski definition) is 1. The van der Waals surface area contributed by atoms with E-state index in [1.807, 2.05) is 38.1 Å². The molecule has 2 aliphatic rings. The zero-order valence-electron chi connectivity index (χ0n) is 13.6. The number of fused-ring (bicyclic) bond motifs is 2. The minimum absolute atomic E-state index is 0.152. The van der Waals surface area contributed by atoms with Crippen molar-refractivity contribution in [2.45, 2.75) is 19.4 Å². The second-order valence-corrected chi connectivity index (χ2v) is 6.56. The fourth-order valence-corrected chi connectivity index (χ4v) is 3.67. The van der Waals surface area contributed by atoms with Crippen molar-refractivity contribution in [3.63, 3.8) is 0 Å². The number of hydrogen-bond acceptors (Lipinski definition) is 4. The van der Waals surface area contributed by atoms with Gasteiger partial charge in [-0.1, -0.05) is 12.1 Å². The molecule has 0 fully saturated rings. The lowest BCUT2D eigenvalue weighted by Crippen LogP contribution is -2.42. The molecule has 4 rings (SSSR count). The van der Waals surface area contributed by atoms with Crippen LogP contribution in [0.3, 0.4) is 0 Å². The average molecular weight is 324 g/mol. The molecule has 0 radical (unpaired) electrons. The quantitative estimate of drug-likeness (QED) is 0.860. The normalized spacial score (nSPS) is 17.2. The van der Waals surface area contributed by atoms with Crippen molar-refractivity contribution in [2.24, 2.45) is 0 Å². The second kappa shape index (κ2) is 4.56. The summed E-state index contributed by atoms with van der Waals surface area (Å²) in [4.78, 5) is 38.7. The summed E-state index contributed by atoms with van der Waals surface area (Å²) >= 11 is 0. The third kappa shape index (κ3) is 1.68. The molecule has 2 amide bonds. The number of ether oxygens (including phenoxy) is 1. The standard InChI is InChI=1S/C18H16N2O4/c1-18(2)10-7-9-5-4-6-11-13(9)15(16(22)19-11)14(10)17(23)20(18)8-12(21)24-3/h4-7H,8H2,1-3H3,(H,19,22). The number of carbonyl (C=O) groups is 3. The Morgan fingerprint density at radius 1 is 1.25 bits per heavy atom. The summed E-state index contributed by atoms with van der Waals surface area (Å²) in [7, 11) is 1.29. The Hall–Kier alpha value is -2.89. The number of benzene rings is 2. The smallest absolute Gasteiger partial charge is 0.325 e. The Kier molecular flexibility index (Phi) is 2.79. The van der Waals surface area contributed by atoms with E-state index >= 15 is 0 Å². The van der Waals surface area contributed by atoms with Crippen molar-refractivity contribution < 1.29 is 19.1 Å². The zero-order chi connectivity index (χ0) is 17.2. The second-order valence-electron chi connectivity index (χ2n) is 6.56. The fourth-order valence-electron chi connectivity index (χ4n) is 3.67. The number of esters is 1. The molecular formula is C18H16N2O4. The molecule has 122 valence electrons. The van der Waals surface area contributed by atoms with E-state index in [0.717, 1.165) is 16.3 Å².